The van der Waals surface area contributed by atoms with Gasteiger partial charge in [0.1, 0.15) is 0 Å². The van der Waals surface area contributed by atoms with Crippen molar-refractivity contribution in [3.8, 4) is 0 Å². The SMILES string of the molecule is CC(OCCCNC(=O)/C=C/c1cnn(C)c1)c1ccccc1. The highest BCUT2D eigenvalue weighted by molar-refractivity contribution is 5.91. The molecule has 23 heavy (non-hydrogen) atoms. The summed E-state index contributed by atoms with van der Waals surface area (Å²) in [4.78, 5) is 11.7. The first-order valence-electron chi connectivity index (χ1n) is 7.76. The lowest BCUT2D eigenvalue weighted by atomic mass is 10.1. The largest absolute Gasteiger partial charge is 0.374 e. The van der Waals surface area contributed by atoms with Crippen molar-refractivity contribution >= 4 is 12.0 Å². The fraction of sp³-hybridized carbons (Fsp3) is 0.333. The Morgan fingerprint density at radius 2 is 2.17 bits per heavy atom. The van der Waals surface area contributed by atoms with Crippen molar-refractivity contribution in [1.29, 1.82) is 0 Å². The van der Waals surface area contributed by atoms with Gasteiger partial charge in [-0.05, 0) is 25.0 Å². The van der Waals surface area contributed by atoms with Crippen molar-refractivity contribution in [2.45, 2.75) is 19.4 Å². The molecule has 0 bridgehead atoms. The van der Waals surface area contributed by atoms with Gasteiger partial charge in [-0.3, -0.25) is 9.48 Å². The Morgan fingerprint density at radius 3 is 2.87 bits per heavy atom. The van der Waals surface area contributed by atoms with E-state index in [4.69, 9.17) is 4.74 Å². The second kappa shape index (κ2) is 8.90. The minimum atomic E-state index is -0.107. The van der Waals surface area contributed by atoms with Crippen LogP contribution >= 0.6 is 0 Å². The number of benzene rings is 1. The molecule has 1 aromatic heterocycles. The fourth-order valence-corrected chi connectivity index (χ4v) is 2.12. The number of ether oxygens (including phenoxy) is 1. The maximum atomic E-state index is 11.7. The Labute approximate surface area is 137 Å². The van der Waals surface area contributed by atoms with Gasteiger partial charge in [-0.25, -0.2) is 0 Å². The van der Waals surface area contributed by atoms with E-state index in [1.54, 1.807) is 17.0 Å². The van der Waals surface area contributed by atoms with Gasteiger partial charge in [0.2, 0.25) is 5.91 Å². The lowest BCUT2D eigenvalue weighted by molar-refractivity contribution is -0.116. The summed E-state index contributed by atoms with van der Waals surface area (Å²) in [6, 6.07) is 10.1. The third-order valence-electron chi connectivity index (χ3n) is 3.41. The first-order chi connectivity index (χ1) is 11.1. The number of carbonyl (C=O) groups excluding carboxylic acids is 1. The number of nitrogens with zero attached hydrogens (tertiary/aromatic N) is 2. The Bertz CT molecular complexity index is 635. The predicted octanol–water partition coefficient (Wildman–Crippen LogP) is 2.72. The first-order valence-corrected chi connectivity index (χ1v) is 7.76. The highest BCUT2D eigenvalue weighted by atomic mass is 16.5. The van der Waals surface area contributed by atoms with Gasteiger partial charge in [0.05, 0.1) is 12.3 Å². The molecule has 1 heterocycles. The molecule has 122 valence electrons. The number of aryl methyl sites for hydroxylation is 1. The minimum absolute atomic E-state index is 0.0670. The van der Waals surface area contributed by atoms with Crippen LogP contribution in [0.2, 0.25) is 0 Å². The van der Waals surface area contributed by atoms with Crippen molar-refractivity contribution in [1.82, 2.24) is 15.1 Å². The molecule has 1 aromatic carbocycles. The molecule has 5 heteroatoms. The van der Waals surface area contributed by atoms with E-state index in [-0.39, 0.29) is 12.0 Å². The molecule has 0 fully saturated rings. The van der Waals surface area contributed by atoms with Crippen LogP contribution in [0.5, 0.6) is 0 Å². The van der Waals surface area contributed by atoms with E-state index in [2.05, 4.69) is 22.5 Å². The normalized spacial score (nSPS) is 12.4. The van der Waals surface area contributed by atoms with Crippen LogP contribution in [0.3, 0.4) is 0 Å². The molecular formula is C18H23N3O2. The van der Waals surface area contributed by atoms with Crippen LogP contribution in [0.1, 0.15) is 30.6 Å². The van der Waals surface area contributed by atoms with Gasteiger partial charge in [-0.2, -0.15) is 5.10 Å². The summed E-state index contributed by atoms with van der Waals surface area (Å²) in [5.74, 6) is -0.107. The van der Waals surface area contributed by atoms with E-state index < -0.39 is 0 Å². The second-order valence-electron chi connectivity index (χ2n) is 5.35. The van der Waals surface area contributed by atoms with Gasteiger partial charge < -0.3 is 10.1 Å². The van der Waals surface area contributed by atoms with Crippen LogP contribution < -0.4 is 5.32 Å². The Hall–Kier alpha value is -2.40. The third kappa shape index (κ3) is 6.08. The van der Waals surface area contributed by atoms with Crippen LogP contribution in [0, 0.1) is 0 Å². The van der Waals surface area contributed by atoms with Gasteiger partial charge in [0.25, 0.3) is 0 Å². The second-order valence-corrected chi connectivity index (χ2v) is 5.35. The quantitative estimate of drug-likeness (QED) is 0.602. The molecule has 1 unspecified atom stereocenters. The van der Waals surface area contributed by atoms with Crippen LogP contribution in [-0.2, 0) is 16.6 Å². The molecule has 2 aromatic rings. The number of carbonyl (C=O) groups is 1. The van der Waals surface area contributed by atoms with Crippen molar-refractivity contribution in [3.63, 3.8) is 0 Å². The molecule has 1 atom stereocenters. The molecule has 0 aliphatic carbocycles. The van der Waals surface area contributed by atoms with Gasteiger partial charge >= 0.3 is 0 Å². The zero-order valence-electron chi connectivity index (χ0n) is 13.6. The molecule has 1 amide bonds. The Morgan fingerprint density at radius 1 is 1.39 bits per heavy atom. The molecular weight excluding hydrogens is 290 g/mol. The molecule has 0 saturated heterocycles. The van der Waals surface area contributed by atoms with Gasteiger partial charge in [0.15, 0.2) is 0 Å². The van der Waals surface area contributed by atoms with Crippen molar-refractivity contribution in [3.05, 3.63) is 59.9 Å². The van der Waals surface area contributed by atoms with E-state index in [0.29, 0.717) is 13.2 Å². The molecule has 0 spiro atoms. The van der Waals surface area contributed by atoms with E-state index in [0.717, 1.165) is 17.5 Å². The number of rotatable bonds is 8. The topological polar surface area (TPSA) is 56.1 Å². The van der Waals surface area contributed by atoms with Gasteiger partial charge in [0, 0.05) is 38.0 Å². The zero-order chi connectivity index (χ0) is 16.5. The van der Waals surface area contributed by atoms with E-state index in [1.165, 1.54) is 6.08 Å². The average Bonchev–Trinajstić information content (AvgIpc) is 2.98. The number of aromatic nitrogens is 2. The molecule has 2 rings (SSSR count). The monoisotopic (exact) mass is 313 g/mol. The Balaban J connectivity index is 1.60. The summed E-state index contributed by atoms with van der Waals surface area (Å²) in [5.41, 5.74) is 2.07. The summed E-state index contributed by atoms with van der Waals surface area (Å²) >= 11 is 0. The highest BCUT2D eigenvalue weighted by Gasteiger charge is 2.04. The van der Waals surface area contributed by atoms with Crippen LogP contribution in [-0.4, -0.2) is 28.8 Å². The molecule has 0 radical (unpaired) electrons. The molecule has 0 aliphatic rings. The molecule has 0 saturated carbocycles. The van der Waals surface area contributed by atoms with Gasteiger partial charge in [-0.15, -0.1) is 0 Å². The number of hydrogen-bond donors (Lipinski definition) is 1. The fourth-order valence-electron chi connectivity index (χ4n) is 2.12. The van der Waals surface area contributed by atoms with Crippen LogP contribution in [0.25, 0.3) is 6.08 Å². The molecule has 5 nitrogen and oxygen atoms in total. The van der Waals surface area contributed by atoms with E-state index in [9.17, 15) is 4.79 Å². The minimum Gasteiger partial charge on any atom is -0.374 e. The Kier molecular flexibility index (Phi) is 6.56. The lowest BCUT2D eigenvalue weighted by Gasteiger charge is -2.13. The smallest absolute Gasteiger partial charge is 0.244 e. The van der Waals surface area contributed by atoms with Crippen LogP contribution in [0.15, 0.2) is 48.8 Å². The standard InChI is InChI=1S/C18H23N3O2/c1-15(17-7-4-3-5-8-17)23-12-6-11-19-18(22)10-9-16-13-20-21(2)14-16/h3-5,7-10,13-15H,6,11-12H2,1-2H3,(H,19,22)/b10-9+. The first kappa shape index (κ1) is 17.0. The van der Waals surface area contributed by atoms with E-state index >= 15 is 0 Å². The lowest BCUT2D eigenvalue weighted by Crippen LogP contribution is -2.23. The summed E-state index contributed by atoms with van der Waals surface area (Å²) in [6.45, 7) is 3.24. The maximum Gasteiger partial charge on any atom is 0.244 e. The number of amides is 1. The third-order valence-corrected chi connectivity index (χ3v) is 3.41. The average molecular weight is 313 g/mol. The van der Waals surface area contributed by atoms with Crippen molar-refractivity contribution < 1.29 is 9.53 Å². The molecule has 1 N–H and O–H groups in total. The highest BCUT2D eigenvalue weighted by Crippen LogP contribution is 2.15. The zero-order valence-corrected chi connectivity index (χ0v) is 13.6. The van der Waals surface area contributed by atoms with Crippen LogP contribution in [0.4, 0.5) is 0 Å². The molecule has 0 aliphatic heterocycles. The van der Waals surface area contributed by atoms with E-state index in [1.807, 2.05) is 38.4 Å². The van der Waals surface area contributed by atoms with Crippen molar-refractivity contribution in [2.75, 3.05) is 13.2 Å². The summed E-state index contributed by atoms with van der Waals surface area (Å²) in [5, 5.41) is 6.88. The number of nitrogens with one attached hydrogen (secondary N) is 1. The summed E-state index contributed by atoms with van der Waals surface area (Å²) < 4.78 is 7.46. The number of hydrogen-bond acceptors (Lipinski definition) is 3. The summed E-state index contributed by atoms with van der Waals surface area (Å²) in [6.07, 6.45) is 7.67. The summed E-state index contributed by atoms with van der Waals surface area (Å²) in [7, 11) is 1.84. The van der Waals surface area contributed by atoms with Gasteiger partial charge in [-0.1, -0.05) is 30.3 Å². The predicted molar refractivity (Wildman–Crippen MR) is 90.7 cm³/mol. The van der Waals surface area contributed by atoms with Crippen molar-refractivity contribution in [2.24, 2.45) is 7.05 Å². The maximum absolute atomic E-state index is 11.7.